The van der Waals surface area contributed by atoms with Crippen molar-refractivity contribution in [3.8, 4) is 0 Å². The fraction of sp³-hybridized carbons (Fsp3) is 0.889. The van der Waals surface area contributed by atoms with E-state index in [4.69, 9.17) is 9.47 Å². The largest absolute Gasteiger partial charge is 0.394 e. The Kier molecular flexibility index (Phi) is 50.2. The van der Waals surface area contributed by atoms with E-state index in [1.54, 1.807) is 6.08 Å². The molecule has 1 fully saturated rings. The number of aliphatic hydroxyl groups is 5. The zero-order valence-corrected chi connectivity index (χ0v) is 47.2. The SMILES string of the molecule is CCCCCC/C=C\C/C=C\CCCCCCCCCC(=O)NC(COC1OC(CO)C(O)C(O)C1O)C(O)/C=C/CCCCCCCCCCCCCCCCCCCCCCCCCCCCCCC. The minimum Gasteiger partial charge on any atom is -0.394 e. The fourth-order valence-electron chi connectivity index (χ4n) is 10.0. The van der Waals surface area contributed by atoms with Crippen LogP contribution in [0.1, 0.15) is 303 Å². The van der Waals surface area contributed by atoms with Gasteiger partial charge in [-0.15, -0.1) is 0 Å². The number of amides is 1. The lowest BCUT2D eigenvalue weighted by atomic mass is 9.99. The van der Waals surface area contributed by atoms with Gasteiger partial charge in [0.15, 0.2) is 6.29 Å². The summed E-state index contributed by atoms with van der Waals surface area (Å²) >= 11 is 0. The Morgan fingerprint density at radius 3 is 1.21 bits per heavy atom. The van der Waals surface area contributed by atoms with Gasteiger partial charge in [0.05, 0.1) is 25.4 Å². The van der Waals surface area contributed by atoms with Crippen molar-refractivity contribution in [3.63, 3.8) is 0 Å². The summed E-state index contributed by atoms with van der Waals surface area (Å²) in [6.07, 6.45) is 62.3. The van der Waals surface area contributed by atoms with Crippen LogP contribution in [0.25, 0.3) is 0 Å². The zero-order valence-electron chi connectivity index (χ0n) is 47.2. The number of unbranched alkanes of at least 4 members (excludes halogenated alkanes) is 40. The van der Waals surface area contributed by atoms with E-state index in [0.717, 1.165) is 57.8 Å². The lowest BCUT2D eigenvalue weighted by molar-refractivity contribution is -0.302. The molecule has 0 bridgehead atoms. The molecule has 6 N–H and O–H groups in total. The van der Waals surface area contributed by atoms with E-state index < -0.39 is 49.5 Å². The summed E-state index contributed by atoms with van der Waals surface area (Å²) in [5.41, 5.74) is 0. The van der Waals surface area contributed by atoms with Crippen molar-refractivity contribution >= 4 is 5.91 Å². The second kappa shape index (κ2) is 52.8. The van der Waals surface area contributed by atoms with Gasteiger partial charge in [-0.1, -0.05) is 281 Å². The topological polar surface area (TPSA) is 149 Å². The highest BCUT2D eigenvalue weighted by Crippen LogP contribution is 2.23. The molecule has 424 valence electrons. The number of allylic oxidation sites excluding steroid dienone is 5. The number of carbonyl (C=O) groups excluding carboxylic acids is 1. The molecule has 1 aliphatic heterocycles. The number of aliphatic hydroxyl groups excluding tert-OH is 5. The third-order valence-corrected chi connectivity index (χ3v) is 15.0. The van der Waals surface area contributed by atoms with Gasteiger partial charge in [-0.25, -0.2) is 0 Å². The molecule has 9 heteroatoms. The standard InChI is InChI=1S/C63H119NO8/c1-3-5-7-9-11-13-15-17-19-21-23-24-25-26-27-28-29-30-31-32-33-34-35-36-38-40-42-44-46-48-50-52-57(66)56(55-71-63-62(70)61(69)60(68)58(54-65)72-63)64-59(67)53-51-49-47-45-43-41-39-37-22-20-18-16-14-12-10-8-6-4-2/h14,16,20,22,50,52,56-58,60-63,65-66,68-70H,3-13,15,17-19,21,23-49,51,53-55H2,1-2H3,(H,64,67)/b16-14-,22-20-,52-50+. The number of hydrogen-bond donors (Lipinski definition) is 6. The lowest BCUT2D eigenvalue weighted by Crippen LogP contribution is -2.60. The van der Waals surface area contributed by atoms with Gasteiger partial charge in [0.25, 0.3) is 0 Å². The van der Waals surface area contributed by atoms with Crippen LogP contribution in [0.5, 0.6) is 0 Å². The summed E-state index contributed by atoms with van der Waals surface area (Å²) in [6.45, 7) is 3.79. The first-order chi connectivity index (χ1) is 35.3. The maximum atomic E-state index is 13.1. The van der Waals surface area contributed by atoms with Gasteiger partial charge in [-0.05, 0) is 51.4 Å². The minimum absolute atomic E-state index is 0.182. The van der Waals surface area contributed by atoms with E-state index in [9.17, 15) is 30.3 Å². The maximum absolute atomic E-state index is 13.1. The van der Waals surface area contributed by atoms with Crippen molar-refractivity contribution in [1.29, 1.82) is 0 Å². The van der Waals surface area contributed by atoms with Crippen molar-refractivity contribution in [3.05, 3.63) is 36.5 Å². The number of rotatable bonds is 54. The van der Waals surface area contributed by atoms with Crippen molar-refractivity contribution in [2.75, 3.05) is 13.2 Å². The van der Waals surface area contributed by atoms with E-state index in [1.165, 1.54) is 225 Å². The second-order valence-corrected chi connectivity index (χ2v) is 21.9. The van der Waals surface area contributed by atoms with Crippen molar-refractivity contribution in [1.82, 2.24) is 5.32 Å². The predicted octanol–water partition coefficient (Wildman–Crippen LogP) is 15.9. The molecule has 0 saturated carbocycles. The highest BCUT2D eigenvalue weighted by molar-refractivity contribution is 5.76. The Hall–Kier alpha value is -1.59. The number of ether oxygens (including phenoxy) is 2. The average Bonchev–Trinajstić information content (AvgIpc) is 3.38. The number of nitrogens with one attached hydrogen (secondary N) is 1. The molecular formula is C63H119NO8. The Morgan fingerprint density at radius 2 is 0.819 bits per heavy atom. The zero-order chi connectivity index (χ0) is 52.2. The van der Waals surface area contributed by atoms with Crippen LogP contribution in [0.3, 0.4) is 0 Å². The van der Waals surface area contributed by atoms with Gasteiger partial charge >= 0.3 is 0 Å². The van der Waals surface area contributed by atoms with Gasteiger partial charge < -0.3 is 40.3 Å². The third kappa shape index (κ3) is 41.6. The molecule has 1 rings (SSSR count). The molecule has 1 heterocycles. The molecule has 1 aliphatic rings. The first-order valence-corrected chi connectivity index (χ1v) is 31.2. The van der Waals surface area contributed by atoms with E-state index in [0.29, 0.717) is 6.42 Å². The van der Waals surface area contributed by atoms with Gasteiger partial charge in [-0.3, -0.25) is 4.79 Å². The van der Waals surface area contributed by atoms with E-state index in [-0.39, 0.29) is 12.5 Å². The molecule has 0 radical (unpaired) electrons. The summed E-state index contributed by atoms with van der Waals surface area (Å²) in [6, 6.07) is -0.810. The van der Waals surface area contributed by atoms with Crippen LogP contribution in [-0.4, -0.2) is 87.5 Å². The molecule has 7 unspecified atom stereocenters. The first-order valence-electron chi connectivity index (χ1n) is 31.2. The van der Waals surface area contributed by atoms with Crippen molar-refractivity contribution < 1.29 is 39.8 Å². The molecule has 1 amide bonds. The third-order valence-electron chi connectivity index (χ3n) is 15.0. The monoisotopic (exact) mass is 1020 g/mol. The predicted molar refractivity (Wildman–Crippen MR) is 304 cm³/mol. The molecule has 7 atom stereocenters. The average molecular weight is 1020 g/mol. The molecule has 1 saturated heterocycles. The summed E-state index contributed by atoms with van der Waals surface area (Å²) in [4.78, 5) is 13.1. The molecule has 0 aromatic rings. The highest BCUT2D eigenvalue weighted by atomic mass is 16.7. The summed E-state index contributed by atoms with van der Waals surface area (Å²) in [7, 11) is 0. The number of hydrogen-bond acceptors (Lipinski definition) is 8. The van der Waals surface area contributed by atoms with Crippen LogP contribution >= 0.6 is 0 Å². The molecule has 72 heavy (non-hydrogen) atoms. The Bertz CT molecular complexity index is 1230. The smallest absolute Gasteiger partial charge is 0.220 e. The molecule has 0 aromatic heterocycles. The van der Waals surface area contributed by atoms with E-state index in [2.05, 4.69) is 43.5 Å². The summed E-state index contributed by atoms with van der Waals surface area (Å²) < 4.78 is 11.3. The quantitative estimate of drug-likeness (QED) is 0.0261. The minimum atomic E-state index is -1.57. The molecule has 0 aliphatic carbocycles. The fourth-order valence-corrected chi connectivity index (χ4v) is 10.0. The van der Waals surface area contributed by atoms with Gasteiger partial charge in [-0.2, -0.15) is 0 Å². The Labute approximate surface area is 444 Å². The first kappa shape index (κ1) is 68.4. The van der Waals surface area contributed by atoms with Gasteiger partial charge in [0.2, 0.25) is 5.91 Å². The van der Waals surface area contributed by atoms with Crippen LogP contribution in [0, 0.1) is 0 Å². The second-order valence-electron chi connectivity index (χ2n) is 21.9. The molecule has 0 spiro atoms. The van der Waals surface area contributed by atoms with Crippen LogP contribution in [0.15, 0.2) is 36.5 Å². The van der Waals surface area contributed by atoms with E-state index >= 15 is 0 Å². The maximum Gasteiger partial charge on any atom is 0.220 e. The Balaban J connectivity index is 2.16. The van der Waals surface area contributed by atoms with Crippen LogP contribution < -0.4 is 5.32 Å². The Morgan fingerprint density at radius 1 is 0.472 bits per heavy atom. The summed E-state index contributed by atoms with van der Waals surface area (Å²) in [5, 5.41) is 54.6. The highest BCUT2D eigenvalue weighted by Gasteiger charge is 2.44. The summed E-state index contributed by atoms with van der Waals surface area (Å²) in [5.74, 6) is -0.182. The molecule has 0 aromatic carbocycles. The van der Waals surface area contributed by atoms with Gasteiger partial charge in [0, 0.05) is 6.42 Å². The van der Waals surface area contributed by atoms with Gasteiger partial charge in [0.1, 0.15) is 24.4 Å². The van der Waals surface area contributed by atoms with Crippen molar-refractivity contribution in [2.24, 2.45) is 0 Å². The lowest BCUT2D eigenvalue weighted by Gasteiger charge is -2.40. The molecule has 9 nitrogen and oxygen atoms in total. The van der Waals surface area contributed by atoms with Crippen molar-refractivity contribution in [2.45, 2.75) is 346 Å². The molecular weight excluding hydrogens is 899 g/mol. The van der Waals surface area contributed by atoms with E-state index in [1.807, 2.05) is 6.08 Å². The van der Waals surface area contributed by atoms with Crippen LogP contribution in [0.2, 0.25) is 0 Å². The normalized spacial score (nSPS) is 19.3. The van der Waals surface area contributed by atoms with Crippen LogP contribution in [0.4, 0.5) is 0 Å². The van der Waals surface area contributed by atoms with Crippen LogP contribution in [-0.2, 0) is 14.3 Å². The number of carbonyl (C=O) groups is 1.